The van der Waals surface area contributed by atoms with Crippen LogP contribution in [0.3, 0.4) is 0 Å². The summed E-state index contributed by atoms with van der Waals surface area (Å²) in [4.78, 5) is 4.25. The molecule has 0 aliphatic heterocycles. The van der Waals surface area contributed by atoms with Crippen LogP contribution in [0.5, 0.6) is 0 Å². The molecule has 0 spiro atoms. The normalized spacial score (nSPS) is 11.5. The van der Waals surface area contributed by atoms with Crippen molar-refractivity contribution in [3.63, 3.8) is 0 Å². The van der Waals surface area contributed by atoms with E-state index < -0.39 is 0 Å². The zero-order chi connectivity index (χ0) is 13.2. The highest BCUT2D eigenvalue weighted by Crippen LogP contribution is 2.29. The second kappa shape index (κ2) is 4.98. The lowest BCUT2D eigenvalue weighted by atomic mass is 9.86. The monoisotopic (exact) mass is 261 g/mol. The minimum Gasteiger partial charge on any atom is -0.379 e. The summed E-state index contributed by atoms with van der Waals surface area (Å²) in [6, 6.07) is 8.40. The lowest BCUT2D eigenvalue weighted by molar-refractivity contribution is 0.591. The van der Waals surface area contributed by atoms with Gasteiger partial charge in [0.05, 0.1) is 12.2 Å². The fourth-order valence-corrected chi connectivity index (χ4v) is 2.44. The third kappa shape index (κ3) is 3.01. The zero-order valence-electron chi connectivity index (χ0n) is 11.0. The van der Waals surface area contributed by atoms with E-state index in [2.05, 4.69) is 49.3 Å². The molecular weight excluding hydrogens is 242 g/mol. The number of para-hydroxylation sites is 1. The van der Waals surface area contributed by atoms with Gasteiger partial charge in [0.25, 0.3) is 0 Å². The first-order valence-electron chi connectivity index (χ1n) is 6.00. The predicted octanol–water partition coefficient (Wildman–Crippen LogP) is 3.63. The molecule has 0 aliphatic carbocycles. The Morgan fingerprint density at radius 1 is 1.28 bits per heavy atom. The molecule has 1 aromatic carbocycles. The second-order valence-corrected chi connectivity index (χ2v) is 6.22. The van der Waals surface area contributed by atoms with Crippen molar-refractivity contribution in [3.05, 3.63) is 40.9 Å². The molecular formula is C14H19N3S. The van der Waals surface area contributed by atoms with Gasteiger partial charge in [-0.25, -0.2) is 4.98 Å². The Kier molecular flexibility index (Phi) is 3.57. The van der Waals surface area contributed by atoms with Crippen LogP contribution >= 0.6 is 11.3 Å². The summed E-state index contributed by atoms with van der Waals surface area (Å²) in [6.07, 6.45) is 0. The van der Waals surface area contributed by atoms with Crippen molar-refractivity contribution < 1.29 is 0 Å². The van der Waals surface area contributed by atoms with Gasteiger partial charge in [0.15, 0.2) is 5.13 Å². The van der Waals surface area contributed by atoms with Gasteiger partial charge < -0.3 is 11.1 Å². The number of anilines is 2. The summed E-state index contributed by atoms with van der Waals surface area (Å²) in [5.74, 6) is 0. The maximum absolute atomic E-state index is 5.63. The van der Waals surface area contributed by atoms with E-state index in [0.717, 1.165) is 11.4 Å². The van der Waals surface area contributed by atoms with Gasteiger partial charge in [-0.05, 0) is 17.0 Å². The number of nitrogens with zero attached hydrogens (tertiary/aromatic N) is 1. The maximum Gasteiger partial charge on any atom is 0.180 e. The topological polar surface area (TPSA) is 50.9 Å². The highest BCUT2D eigenvalue weighted by molar-refractivity contribution is 7.13. The lowest BCUT2D eigenvalue weighted by Crippen LogP contribution is -2.14. The summed E-state index contributed by atoms with van der Waals surface area (Å²) in [5, 5.41) is 6.05. The van der Waals surface area contributed by atoms with E-state index in [-0.39, 0.29) is 5.41 Å². The molecule has 0 bridgehead atoms. The van der Waals surface area contributed by atoms with E-state index in [9.17, 15) is 0 Å². The molecule has 0 fully saturated rings. The average molecular weight is 261 g/mol. The third-order valence-electron chi connectivity index (χ3n) is 2.76. The Morgan fingerprint density at radius 3 is 2.61 bits per heavy atom. The van der Waals surface area contributed by atoms with Gasteiger partial charge in [-0.2, -0.15) is 0 Å². The van der Waals surface area contributed by atoms with E-state index in [1.807, 2.05) is 11.4 Å². The molecule has 18 heavy (non-hydrogen) atoms. The average Bonchev–Trinajstić information content (AvgIpc) is 2.72. The largest absolute Gasteiger partial charge is 0.379 e. The SMILES string of the molecule is CC(C)(C)c1ccccc1NCc1csc(N)n1. The van der Waals surface area contributed by atoms with Gasteiger partial charge in [-0.1, -0.05) is 39.0 Å². The molecule has 0 amide bonds. The van der Waals surface area contributed by atoms with Crippen LogP contribution in [0.2, 0.25) is 0 Å². The maximum atomic E-state index is 5.63. The number of rotatable bonds is 3. The predicted molar refractivity (Wildman–Crippen MR) is 79.0 cm³/mol. The van der Waals surface area contributed by atoms with Crippen LogP contribution in [0.25, 0.3) is 0 Å². The fourth-order valence-electron chi connectivity index (χ4n) is 1.88. The molecule has 1 heterocycles. The molecule has 0 unspecified atom stereocenters. The molecule has 96 valence electrons. The molecule has 0 saturated heterocycles. The first kappa shape index (κ1) is 12.9. The van der Waals surface area contributed by atoms with Crippen molar-refractivity contribution in [1.82, 2.24) is 4.98 Å². The molecule has 0 atom stereocenters. The molecule has 0 radical (unpaired) electrons. The van der Waals surface area contributed by atoms with Gasteiger partial charge in [0, 0.05) is 11.1 Å². The lowest BCUT2D eigenvalue weighted by Gasteiger charge is -2.23. The van der Waals surface area contributed by atoms with Crippen LogP contribution in [0.1, 0.15) is 32.0 Å². The number of nitrogen functional groups attached to an aromatic ring is 1. The number of nitrogens with one attached hydrogen (secondary N) is 1. The first-order valence-corrected chi connectivity index (χ1v) is 6.88. The van der Waals surface area contributed by atoms with Crippen LogP contribution in [0, 0.1) is 0 Å². The van der Waals surface area contributed by atoms with Crippen LogP contribution in [-0.2, 0) is 12.0 Å². The van der Waals surface area contributed by atoms with Crippen molar-refractivity contribution >= 4 is 22.2 Å². The molecule has 3 N–H and O–H groups in total. The van der Waals surface area contributed by atoms with Gasteiger partial charge >= 0.3 is 0 Å². The van der Waals surface area contributed by atoms with Crippen LogP contribution < -0.4 is 11.1 Å². The summed E-state index contributed by atoms with van der Waals surface area (Å²) in [7, 11) is 0. The molecule has 3 nitrogen and oxygen atoms in total. The molecule has 0 aliphatic rings. The number of benzene rings is 1. The van der Waals surface area contributed by atoms with Crippen molar-refractivity contribution in [3.8, 4) is 0 Å². The van der Waals surface area contributed by atoms with Crippen molar-refractivity contribution in [1.29, 1.82) is 0 Å². The van der Waals surface area contributed by atoms with Crippen LogP contribution in [0.15, 0.2) is 29.6 Å². The quantitative estimate of drug-likeness (QED) is 0.887. The van der Waals surface area contributed by atoms with Crippen LogP contribution in [0.4, 0.5) is 10.8 Å². The van der Waals surface area contributed by atoms with Gasteiger partial charge in [0.2, 0.25) is 0 Å². The van der Waals surface area contributed by atoms with E-state index >= 15 is 0 Å². The minimum absolute atomic E-state index is 0.130. The molecule has 0 saturated carbocycles. The highest BCUT2D eigenvalue weighted by Gasteiger charge is 2.17. The van der Waals surface area contributed by atoms with Gasteiger partial charge in [-0.3, -0.25) is 0 Å². The number of nitrogens with two attached hydrogens (primary N) is 1. The van der Waals surface area contributed by atoms with Gasteiger partial charge in [-0.15, -0.1) is 11.3 Å². The Morgan fingerprint density at radius 2 is 2.00 bits per heavy atom. The Bertz CT molecular complexity index is 526. The van der Waals surface area contributed by atoms with Crippen molar-refractivity contribution in [2.75, 3.05) is 11.1 Å². The summed E-state index contributed by atoms with van der Waals surface area (Å²) in [6.45, 7) is 7.36. The molecule has 2 aromatic rings. The standard InChI is InChI=1S/C14H19N3S/c1-14(2,3)11-6-4-5-7-12(11)16-8-10-9-18-13(15)17-10/h4-7,9,16H,8H2,1-3H3,(H2,15,17). The Labute approximate surface area is 112 Å². The fraction of sp³-hybridized carbons (Fsp3) is 0.357. The highest BCUT2D eigenvalue weighted by atomic mass is 32.1. The van der Waals surface area contributed by atoms with Gasteiger partial charge in [0.1, 0.15) is 0 Å². The first-order chi connectivity index (χ1) is 8.47. The summed E-state index contributed by atoms with van der Waals surface area (Å²) in [5.41, 5.74) is 9.22. The minimum atomic E-state index is 0.130. The van der Waals surface area contributed by atoms with Crippen molar-refractivity contribution in [2.45, 2.75) is 32.7 Å². The second-order valence-electron chi connectivity index (χ2n) is 5.33. The third-order valence-corrected chi connectivity index (χ3v) is 3.49. The Balaban J connectivity index is 2.14. The van der Waals surface area contributed by atoms with Crippen molar-refractivity contribution in [2.24, 2.45) is 0 Å². The number of thiazole rings is 1. The smallest absolute Gasteiger partial charge is 0.180 e. The molecule has 4 heteroatoms. The summed E-state index contributed by atoms with van der Waals surface area (Å²) < 4.78 is 0. The summed E-state index contributed by atoms with van der Waals surface area (Å²) >= 11 is 1.48. The number of hydrogen-bond donors (Lipinski definition) is 2. The van der Waals surface area contributed by atoms with E-state index in [1.54, 1.807) is 0 Å². The molecule has 2 rings (SSSR count). The van der Waals surface area contributed by atoms with Crippen LogP contribution in [-0.4, -0.2) is 4.98 Å². The van der Waals surface area contributed by atoms with E-state index in [0.29, 0.717) is 11.7 Å². The molecule has 1 aromatic heterocycles. The number of aromatic nitrogens is 1. The Hall–Kier alpha value is -1.55. The number of hydrogen-bond acceptors (Lipinski definition) is 4. The van der Waals surface area contributed by atoms with E-state index in [1.165, 1.54) is 16.9 Å². The van der Waals surface area contributed by atoms with E-state index in [4.69, 9.17) is 5.73 Å². The zero-order valence-corrected chi connectivity index (χ0v) is 11.8.